The van der Waals surface area contributed by atoms with E-state index in [4.69, 9.17) is 5.11 Å². The fourth-order valence-electron chi connectivity index (χ4n) is 2.66. The van der Waals surface area contributed by atoms with Crippen molar-refractivity contribution in [2.75, 3.05) is 6.61 Å². The molecule has 0 saturated heterocycles. The quantitative estimate of drug-likeness (QED) is 0.812. The Hall–Kier alpha value is -1.35. The summed E-state index contributed by atoms with van der Waals surface area (Å²) in [5.41, 5.74) is 1.32. The van der Waals surface area contributed by atoms with Gasteiger partial charge in [-0.1, -0.05) is 24.3 Å². The van der Waals surface area contributed by atoms with Crippen molar-refractivity contribution in [3.8, 4) is 0 Å². The molecule has 3 heteroatoms. The Kier molecular flexibility index (Phi) is 2.97. The molecule has 1 aromatic carbocycles. The van der Waals surface area contributed by atoms with Crippen LogP contribution < -0.4 is 0 Å². The number of rotatable bonds is 4. The van der Waals surface area contributed by atoms with Crippen molar-refractivity contribution in [1.82, 2.24) is 0 Å². The number of carboxylic acid groups (broad SMARTS) is 1. The first-order chi connectivity index (χ1) is 7.70. The molecular weight excluding hydrogens is 204 g/mol. The highest BCUT2D eigenvalue weighted by Gasteiger charge is 2.44. The largest absolute Gasteiger partial charge is 0.481 e. The molecule has 0 radical (unpaired) electrons. The van der Waals surface area contributed by atoms with E-state index in [1.807, 2.05) is 24.3 Å². The van der Waals surface area contributed by atoms with Gasteiger partial charge < -0.3 is 10.2 Å². The number of benzene rings is 1. The van der Waals surface area contributed by atoms with Gasteiger partial charge >= 0.3 is 5.97 Å². The second-order valence-electron chi connectivity index (χ2n) is 4.37. The van der Waals surface area contributed by atoms with E-state index in [-0.39, 0.29) is 6.61 Å². The second kappa shape index (κ2) is 4.26. The van der Waals surface area contributed by atoms with Crippen LogP contribution in [0.2, 0.25) is 0 Å². The maximum Gasteiger partial charge on any atom is 0.314 e. The van der Waals surface area contributed by atoms with Gasteiger partial charge in [0.2, 0.25) is 0 Å². The molecule has 0 heterocycles. The Labute approximate surface area is 94.7 Å². The molecule has 1 aliphatic carbocycles. The number of aryl methyl sites for hydroxylation is 1. The first-order valence-electron chi connectivity index (χ1n) is 5.63. The van der Waals surface area contributed by atoms with Gasteiger partial charge in [0, 0.05) is 6.61 Å². The fraction of sp³-hybridized carbons (Fsp3) is 0.462. The summed E-state index contributed by atoms with van der Waals surface area (Å²) in [6, 6.07) is 7.75. The number of aliphatic hydroxyl groups excluding tert-OH is 1. The predicted molar refractivity (Wildman–Crippen MR) is 60.4 cm³/mol. The Morgan fingerprint density at radius 1 is 1.38 bits per heavy atom. The molecular formula is C13H16O3. The van der Waals surface area contributed by atoms with Crippen molar-refractivity contribution < 1.29 is 15.0 Å². The van der Waals surface area contributed by atoms with Crippen LogP contribution in [0.5, 0.6) is 0 Å². The molecule has 0 saturated carbocycles. The van der Waals surface area contributed by atoms with Gasteiger partial charge in [0.05, 0.1) is 5.41 Å². The van der Waals surface area contributed by atoms with E-state index in [9.17, 15) is 9.90 Å². The van der Waals surface area contributed by atoms with Crippen molar-refractivity contribution in [1.29, 1.82) is 0 Å². The molecule has 1 aliphatic rings. The number of aliphatic carboxylic acids is 1. The van der Waals surface area contributed by atoms with E-state index in [0.717, 1.165) is 17.5 Å². The second-order valence-corrected chi connectivity index (χ2v) is 4.37. The van der Waals surface area contributed by atoms with Gasteiger partial charge in [-0.15, -0.1) is 0 Å². The van der Waals surface area contributed by atoms with Gasteiger partial charge in [0.15, 0.2) is 0 Å². The van der Waals surface area contributed by atoms with Gasteiger partial charge in [-0.2, -0.15) is 0 Å². The van der Waals surface area contributed by atoms with Crippen LogP contribution in [0.3, 0.4) is 0 Å². The molecule has 0 bridgehead atoms. The monoisotopic (exact) mass is 220 g/mol. The van der Waals surface area contributed by atoms with Gasteiger partial charge in [-0.3, -0.25) is 4.79 Å². The number of aliphatic hydroxyl groups is 1. The lowest BCUT2D eigenvalue weighted by atomic mass is 9.78. The highest BCUT2D eigenvalue weighted by atomic mass is 16.4. The number of fused-ring (bicyclic) bond motifs is 1. The normalized spacial score (nSPS) is 23.1. The molecule has 0 aromatic heterocycles. The molecule has 1 atom stereocenters. The third-order valence-corrected chi connectivity index (χ3v) is 3.53. The summed E-state index contributed by atoms with van der Waals surface area (Å²) in [6.45, 7) is 0.0528. The Morgan fingerprint density at radius 2 is 2.12 bits per heavy atom. The number of hydrogen-bond acceptors (Lipinski definition) is 2. The maximum atomic E-state index is 11.5. The van der Waals surface area contributed by atoms with Crippen LogP contribution in [-0.2, 0) is 16.6 Å². The van der Waals surface area contributed by atoms with E-state index in [2.05, 4.69) is 0 Å². The molecule has 1 unspecified atom stereocenters. The van der Waals surface area contributed by atoms with Crippen LogP contribution in [0.15, 0.2) is 24.3 Å². The van der Waals surface area contributed by atoms with Crippen molar-refractivity contribution in [2.24, 2.45) is 0 Å². The molecule has 0 spiro atoms. The van der Waals surface area contributed by atoms with E-state index >= 15 is 0 Å². The zero-order valence-corrected chi connectivity index (χ0v) is 9.15. The molecule has 0 amide bonds. The molecule has 2 N–H and O–H groups in total. The average molecular weight is 220 g/mol. The standard InChI is InChI=1S/C13H16O3/c14-9-3-7-13(12(15)16)8-6-10-4-1-2-5-11(10)13/h1-2,4-5,14H,3,6-9H2,(H,15,16). The van der Waals surface area contributed by atoms with Crippen molar-refractivity contribution in [2.45, 2.75) is 31.1 Å². The van der Waals surface area contributed by atoms with Crippen molar-refractivity contribution >= 4 is 5.97 Å². The van der Waals surface area contributed by atoms with Crippen LogP contribution in [0.25, 0.3) is 0 Å². The highest BCUT2D eigenvalue weighted by molar-refractivity contribution is 5.83. The van der Waals surface area contributed by atoms with Crippen LogP contribution >= 0.6 is 0 Å². The molecule has 1 aromatic rings. The average Bonchev–Trinajstić information content (AvgIpc) is 2.67. The van der Waals surface area contributed by atoms with E-state index in [1.165, 1.54) is 0 Å². The van der Waals surface area contributed by atoms with Gasteiger partial charge in [-0.25, -0.2) is 0 Å². The first-order valence-corrected chi connectivity index (χ1v) is 5.63. The molecule has 0 aliphatic heterocycles. The summed E-state index contributed by atoms with van der Waals surface area (Å²) in [4.78, 5) is 11.5. The van der Waals surface area contributed by atoms with Gasteiger partial charge in [-0.05, 0) is 36.8 Å². The Morgan fingerprint density at radius 3 is 2.81 bits per heavy atom. The summed E-state index contributed by atoms with van der Waals surface area (Å²) in [5.74, 6) is -0.758. The summed E-state index contributed by atoms with van der Waals surface area (Å²) in [7, 11) is 0. The van der Waals surface area contributed by atoms with Crippen molar-refractivity contribution in [3.05, 3.63) is 35.4 Å². The molecule has 86 valence electrons. The molecule has 3 nitrogen and oxygen atoms in total. The topological polar surface area (TPSA) is 57.5 Å². The molecule has 2 rings (SSSR count). The van der Waals surface area contributed by atoms with Crippen LogP contribution in [0.1, 0.15) is 30.4 Å². The van der Waals surface area contributed by atoms with Crippen LogP contribution in [0.4, 0.5) is 0 Å². The Balaban J connectivity index is 2.39. The summed E-state index contributed by atoms with van der Waals surface area (Å²) in [6.07, 6.45) is 2.55. The van der Waals surface area contributed by atoms with Crippen LogP contribution in [-0.4, -0.2) is 22.8 Å². The zero-order valence-electron chi connectivity index (χ0n) is 9.15. The summed E-state index contributed by atoms with van der Waals surface area (Å²) >= 11 is 0. The first kappa shape index (κ1) is 11.1. The van der Waals surface area contributed by atoms with Gasteiger partial charge in [0.1, 0.15) is 0 Å². The third kappa shape index (κ3) is 1.61. The molecule has 16 heavy (non-hydrogen) atoms. The SMILES string of the molecule is O=C(O)C1(CCCO)CCc2ccccc21. The van der Waals surface area contributed by atoms with E-state index in [0.29, 0.717) is 19.3 Å². The number of hydrogen-bond donors (Lipinski definition) is 2. The van der Waals surface area contributed by atoms with Crippen LogP contribution in [0, 0.1) is 0 Å². The minimum atomic E-state index is -0.765. The zero-order chi connectivity index (χ0) is 11.6. The predicted octanol–water partition coefficient (Wildman–Crippen LogP) is 1.73. The Bertz CT molecular complexity index is 400. The lowest BCUT2D eigenvalue weighted by molar-refractivity contribution is -0.144. The van der Waals surface area contributed by atoms with E-state index in [1.54, 1.807) is 0 Å². The summed E-state index contributed by atoms with van der Waals surface area (Å²) in [5, 5.41) is 18.3. The maximum absolute atomic E-state index is 11.5. The number of carboxylic acids is 1. The number of carbonyl (C=O) groups is 1. The van der Waals surface area contributed by atoms with E-state index < -0.39 is 11.4 Å². The molecule has 0 fully saturated rings. The minimum absolute atomic E-state index is 0.0528. The fourth-order valence-corrected chi connectivity index (χ4v) is 2.66. The highest BCUT2D eigenvalue weighted by Crippen LogP contribution is 2.42. The lowest BCUT2D eigenvalue weighted by Gasteiger charge is -2.25. The minimum Gasteiger partial charge on any atom is -0.481 e. The smallest absolute Gasteiger partial charge is 0.314 e. The van der Waals surface area contributed by atoms with Crippen molar-refractivity contribution in [3.63, 3.8) is 0 Å². The van der Waals surface area contributed by atoms with Gasteiger partial charge in [0.25, 0.3) is 0 Å². The summed E-state index contributed by atoms with van der Waals surface area (Å²) < 4.78 is 0. The lowest BCUT2D eigenvalue weighted by Crippen LogP contribution is -2.33. The third-order valence-electron chi connectivity index (χ3n) is 3.53.